The normalized spacial score (nSPS) is 13.1. The molecule has 0 aromatic rings. The lowest BCUT2D eigenvalue weighted by Gasteiger charge is -2.11. The van der Waals surface area contributed by atoms with Crippen LogP contribution in [0.5, 0.6) is 0 Å². The molecule has 0 heterocycles. The first-order valence-corrected chi connectivity index (χ1v) is 15.6. The van der Waals surface area contributed by atoms with Gasteiger partial charge in [-0.05, 0) is 32.6 Å². The summed E-state index contributed by atoms with van der Waals surface area (Å²) in [6, 6.07) is 0. The van der Waals surface area contributed by atoms with Crippen LogP contribution < -0.4 is 0 Å². The van der Waals surface area contributed by atoms with E-state index < -0.39 is 7.37 Å². The molecule has 5 heteroatoms. The quantitative estimate of drug-likeness (QED) is 0.0659. The maximum absolute atomic E-state index is 12.3. The van der Waals surface area contributed by atoms with Crippen molar-refractivity contribution in [2.75, 3.05) is 18.9 Å². The maximum atomic E-state index is 12.3. The zero-order chi connectivity index (χ0) is 23.9. The Morgan fingerprint density at radius 3 is 1.41 bits per heavy atom. The summed E-state index contributed by atoms with van der Waals surface area (Å²) in [5, 5.41) is 0. The first kappa shape index (κ1) is 31.4. The van der Waals surface area contributed by atoms with Gasteiger partial charge in [-0.2, -0.15) is 0 Å². The third-order valence-corrected chi connectivity index (χ3v) is 8.12. The van der Waals surface area contributed by atoms with E-state index in [-0.39, 0.29) is 5.97 Å². The molecule has 0 aliphatic rings. The van der Waals surface area contributed by atoms with Gasteiger partial charge in [0.25, 0.3) is 0 Å². The van der Waals surface area contributed by atoms with E-state index in [0.717, 1.165) is 32.1 Å². The summed E-state index contributed by atoms with van der Waals surface area (Å²) in [5.74, 6) is -0.360. The molecule has 32 heavy (non-hydrogen) atoms. The average molecular weight is 473 g/mol. The lowest BCUT2D eigenvalue weighted by molar-refractivity contribution is -0.139. The number of ether oxygens (including phenoxy) is 1. The molecule has 1 atom stereocenters. The number of hydrogen-bond acceptors (Lipinski definition) is 3. The molecule has 0 rings (SSSR count). The van der Waals surface area contributed by atoms with Gasteiger partial charge in [0.1, 0.15) is 0 Å². The van der Waals surface area contributed by atoms with Crippen LogP contribution in [0.4, 0.5) is 0 Å². The fourth-order valence-electron chi connectivity index (χ4n) is 3.94. The minimum absolute atomic E-state index is 0.360. The van der Waals surface area contributed by atoms with Gasteiger partial charge in [-0.3, -0.25) is 4.57 Å². The van der Waals surface area contributed by atoms with E-state index in [2.05, 4.69) is 13.5 Å². The molecule has 0 aromatic heterocycles. The molecular formula is C27H53O4P. The minimum Gasteiger partial charge on any atom is -0.462 e. The average Bonchev–Trinajstić information content (AvgIpc) is 2.75. The van der Waals surface area contributed by atoms with Crippen molar-refractivity contribution in [3.05, 3.63) is 12.2 Å². The van der Waals surface area contributed by atoms with Gasteiger partial charge in [0.15, 0.2) is 0 Å². The lowest BCUT2D eigenvalue weighted by atomic mass is 10.0. The van der Waals surface area contributed by atoms with E-state index in [1.54, 1.807) is 6.92 Å². The Hall–Kier alpha value is -0.600. The van der Waals surface area contributed by atoms with E-state index in [0.29, 0.717) is 24.5 Å². The summed E-state index contributed by atoms with van der Waals surface area (Å²) in [5.41, 5.74) is 0.406. The van der Waals surface area contributed by atoms with Crippen molar-refractivity contribution in [3.8, 4) is 0 Å². The van der Waals surface area contributed by atoms with E-state index >= 15 is 0 Å². The van der Waals surface area contributed by atoms with Crippen LogP contribution in [0.15, 0.2) is 12.2 Å². The molecule has 0 saturated heterocycles. The van der Waals surface area contributed by atoms with Gasteiger partial charge in [0.05, 0.1) is 6.61 Å². The van der Waals surface area contributed by atoms with Crippen LogP contribution in [0, 0.1) is 0 Å². The van der Waals surface area contributed by atoms with Crippen LogP contribution in [0.25, 0.3) is 0 Å². The first-order chi connectivity index (χ1) is 15.4. The molecule has 1 N–H and O–H groups in total. The summed E-state index contributed by atoms with van der Waals surface area (Å²) in [4.78, 5) is 21.4. The summed E-state index contributed by atoms with van der Waals surface area (Å²) >= 11 is 0. The molecule has 0 spiro atoms. The van der Waals surface area contributed by atoms with Crippen molar-refractivity contribution < 1.29 is 19.0 Å². The molecule has 0 radical (unpaired) electrons. The third-order valence-electron chi connectivity index (χ3n) is 6.09. The monoisotopic (exact) mass is 472 g/mol. The van der Waals surface area contributed by atoms with Crippen molar-refractivity contribution in [1.29, 1.82) is 0 Å². The molecule has 0 aromatic carbocycles. The smallest absolute Gasteiger partial charge is 0.333 e. The van der Waals surface area contributed by atoms with Gasteiger partial charge in [-0.25, -0.2) is 4.79 Å². The van der Waals surface area contributed by atoms with Crippen molar-refractivity contribution >= 4 is 13.3 Å². The van der Waals surface area contributed by atoms with Gasteiger partial charge in [0, 0.05) is 17.9 Å². The van der Waals surface area contributed by atoms with Crippen LogP contribution in [-0.4, -0.2) is 29.8 Å². The topological polar surface area (TPSA) is 63.6 Å². The Morgan fingerprint density at radius 2 is 1.03 bits per heavy atom. The number of esters is 1. The highest BCUT2D eigenvalue weighted by Crippen LogP contribution is 2.42. The molecule has 4 nitrogen and oxygen atoms in total. The summed E-state index contributed by atoms with van der Waals surface area (Å²) < 4.78 is 17.3. The molecule has 0 amide bonds. The molecular weight excluding hydrogens is 419 g/mol. The fraction of sp³-hybridized carbons (Fsp3) is 0.889. The van der Waals surface area contributed by atoms with E-state index in [9.17, 15) is 14.3 Å². The Morgan fingerprint density at radius 1 is 0.688 bits per heavy atom. The molecule has 0 bridgehead atoms. The SMILES string of the molecule is C=C(C)C(=O)OCCCCCP(=O)(O)CCCCCCCCCCCCCCCCCC. The number of hydrogen-bond donors (Lipinski definition) is 1. The highest BCUT2D eigenvalue weighted by Gasteiger charge is 2.16. The predicted molar refractivity (Wildman–Crippen MR) is 139 cm³/mol. The van der Waals surface area contributed by atoms with Crippen LogP contribution in [0.3, 0.4) is 0 Å². The van der Waals surface area contributed by atoms with Gasteiger partial charge >= 0.3 is 5.97 Å². The number of rotatable bonds is 24. The van der Waals surface area contributed by atoms with Crippen LogP contribution in [-0.2, 0) is 14.1 Å². The van der Waals surface area contributed by atoms with Gasteiger partial charge in [-0.1, -0.05) is 110 Å². The Bertz CT molecular complexity index is 504. The van der Waals surface area contributed by atoms with Crippen LogP contribution in [0.1, 0.15) is 136 Å². The van der Waals surface area contributed by atoms with Gasteiger partial charge in [0.2, 0.25) is 7.37 Å². The zero-order valence-corrected chi connectivity index (χ0v) is 22.3. The molecule has 0 aliphatic carbocycles. The highest BCUT2D eigenvalue weighted by molar-refractivity contribution is 7.57. The molecule has 190 valence electrons. The van der Waals surface area contributed by atoms with Crippen LogP contribution in [0.2, 0.25) is 0 Å². The Labute approximate surface area is 199 Å². The number of carbonyl (C=O) groups excluding carboxylic acids is 1. The van der Waals surface area contributed by atoms with Gasteiger partial charge in [-0.15, -0.1) is 0 Å². The Balaban J connectivity index is 3.35. The minimum atomic E-state index is -2.99. The molecule has 0 saturated carbocycles. The maximum Gasteiger partial charge on any atom is 0.333 e. The summed E-state index contributed by atoms with van der Waals surface area (Å²) in [7, 11) is -2.99. The fourth-order valence-corrected chi connectivity index (χ4v) is 5.60. The largest absolute Gasteiger partial charge is 0.462 e. The second-order valence-corrected chi connectivity index (χ2v) is 12.2. The Kier molecular flexibility index (Phi) is 21.8. The van der Waals surface area contributed by atoms with Crippen molar-refractivity contribution in [3.63, 3.8) is 0 Å². The number of unbranched alkanes of at least 4 members (excludes halogenated alkanes) is 17. The van der Waals surface area contributed by atoms with Gasteiger partial charge < -0.3 is 9.63 Å². The van der Waals surface area contributed by atoms with E-state index in [1.165, 1.54) is 89.9 Å². The lowest BCUT2D eigenvalue weighted by Crippen LogP contribution is -2.06. The third kappa shape index (κ3) is 22.6. The van der Waals surface area contributed by atoms with Crippen molar-refractivity contribution in [2.24, 2.45) is 0 Å². The molecule has 0 aliphatic heterocycles. The van der Waals surface area contributed by atoms with E-state index in [4.69, 9.17) is 4.74 Å². The predicted octanol–water partition coefficient (Wildman–Crippen LogP) is 8.81. The molecule has 1 unspecified atom stereocenters. The van der Waals surface area contributed by atoms with Crippen molar-refractivity contribution in [1.82, 2.24) is 0 Å². The second-order valence-electron chi connectivity index (χ2n) is 9.57. The summed E-state index contributed by atoms with van der Waals surface area (Å²) in [6.07, 6.45) is 24.1. The van der Waals surface area contributed by atoms with E-state index in [1.807, 2.05) is 0 Å². The number of carbonyl (C=O) groups is 1. The zero-order valence-electron chi connectivity index (χ0n) is 21.4. The molecule has 0 fully saturated rings. The second kappa shape index (κ2) is 22.2. The highest BCUT2D eigenvalue weighted by atomic mass is 31.2. The van der Waals surface area contributed by atoms with Crippen molar-refractivity contribution in [2.45, 2.75) is 136 Å². The van der Waals surface area contributed by atoms with Crippen LogP contribution >= 0.6 is 7.37 Å². The summed E-state index contributed by atoms with van der Waals surface area (Å²) in [6.45, 7) is 7.80. The standard InChI is InChI=1S/C27H53O4P/c1-4-5-6-7-8-9-10-11-12-13-14-15-16-17-18-21-24-32(29,30)25-22-19-20-23-31-27(28)26(2)3/h2,4-25H2,1,3H3,(H,29,30). The first-order valence-electron chi connectivity index (χ1n) is 13.5.